The van der Waals surface area contributed by atoms with Gasteiger partial charge in [0.15, 0.2) is 18.1 Å². The molecule has 1 heterocycles. The van der Waals surface area contributed by atoms with Crippen LogP contribution in [-0.4, -0.2) is 61.5 Å². The zero-order valence-electron chi connectivity index (χ0n) is 18.1. The molecule has 174 valence electrons. The molecule has 0 spiro atoms. The third kappa shape index (κ3) is 7.12. The van der Waals surface area contributed by atoms with Gasteiger partial charge in [0.1, 0.15) is 6.54 Å². The molecule has 0 saturated carbocycles. The number of benzene rings is 1. The van der Waals surface area contributed by atoms with Crippen LogP contribution in [0.5, 0.6) is 11.5 Å². The molecule has 0 N–H and O–H groups in total. The number of ether oxygens (including phenoxy) is 4. The number of hydrogen-bond donors (Lipinski definition) is 0. The topological polar surface area (TPSA) is 108 Å². The zero-order chi connectivity index (χ0) is 23.8. The minimum absolute atomic E-state index is 0.149. The molecule has 0 bridgehead atoms. The van der Waals surface area contributed by atoms with E-state index in [2.05, 4.69) is 0 Å². The van der Waals surface area contributed by atoms with E-state index in [1.165, 1.54) is 13.2 Å². The van der Waals surface area contributed by atoms with Crippen LogP contribution < -0.4 is 9.47 Å². The van der Waals surface area contributed by atoms with Gasteiger partial charge in [-0.3, -0.25) is 19.3 Å². The Bertz CT molecular complexity index is 931. The lowest BCUT2D eigenvalue weighted by Crippen LogP contribution is -2.34. The van der Waals surface area contributed by atoms with Gasteiger partial charge in [-0.1, -0.05) is 13.8 Å². The van der Waals surface area contributed by atoms with Crippen LogP contribution in [0, 0.1) is 9.49 Å². The lowest BCUT2D eigenvalue weighted by atomic mass is 10.2. The average molecular weight is 577 g/mol. The molecule has 0 aliphatic carbocycles. The van der Waals surface area contributed by atoms with Crippen LogP contribution in [0.2, 0.25) is 0 Å². The van der Waals surface area contributed by atoms with Crippen molar-refractivity contribution in [2.24, 2.45) is 5.92 Å². The van der Waals surface area contributed by atoms with Crippen LogP contribution >= 0.6 is 34.4 Å². The van der Waals surface area contributed by atoms with Gasteiger partial charge >= 0.3 is 11.9 Å². The van der Waals surface area contributed by atoms with E-state index in [9.17, 15) is 19.2 Å². The zero-order valence-corrected chi connectivity index (χ0v) is 21.1. The molecule has 9 nitrogen and oxygen atoms in total. The maximum absolute atomic E-state index is 12.6. The van der Waals surface area contributed by atoms with Gasteiger partial charge in [0.25, 0.3) is 11.1 Å². The molecule has 1 aromatic carbocycles. The van der Waals surface area contributed by atoms with Crippen molar-refractivity contribution in [2.45, 2.75) is 20.8 Å². The standard InChI is InChI=1S/C21H24INO8S/c1-5-29-18(25)11-31-19-14(22)6-13(7-15(19)28-4)8-16-20(26)23(21(27)32-16)9-17(24)30-10-12(2)3/h6-8,12H,5,9-11H2,1-4H3/b16-8+. The summed E-state index contributed by atoms with van der Waals surface area (Å²) < 4.78 is 21.4. The third-order valence-electron chi connectivity index (χ3n) is 3.93. The van der Waals surface area contributed by atoms with E-state index in [1.807, 2.05) is 36.4 Å². The van der Waals surface area contributed by atoms with E-state index in [0.29, 0.717) is 20.6 Å². The second kappa shape index (κ2) is 12.1. The monoisotopic (exact) mass is 577 g/mol. The van der Waals surface area contributed by atoms with E-state index in [4.69, 9.17) is 18.9 Å². The summed E-state index contributed by atoms with van der Waals surface area (Å²) in [5, 5.41) is -0.543. The molecule has 2 rings (SSSR count). The first-order valence-electron chi connectivity index (χ1n) is 9.73. The first-order chi connectivity index (χ1) is 15.2. The SMILES string of the molecule is CCOC(=O)COc1c(I)cc(/C=C2/SC(=O)N(CC(=O)OCC(C)C)C2=O)cc1OC. The van der Waals surface area contributed by atoms with Crippen molar-refractivity contribution >= 4 is 63.5 Å². The van der Waals surface area contributed by atoms with E-state index < -0.39 is 29.6 Å². The highest BCUT2D eigenvalue weighted by molar-refractivity contribution is 14.1. The Morgan fingerprint density at radius 1 is 1.19 bits per heavy atom. The number of imide groups is 1. The Labute approximate surface area is 203 Å². The van der Waals surface area contributed by atoms with Crippen LogP contribution in [0.15, 0.2) is 17.0 Å². The van der Waals surface area contributed by atoms with Gasteiger partial charge in [-0.15, -0.1) is 0 Å². The van der Waals surface area contributed by atoms with Crippen LogP contribution in [-0.2, 0) is 23.9 Å². The molecule has 0 radical (unpaired) electrons. The highest BCUT2D eigenvalue weighted by Gasteiger charge is 2.36. The predicted molar refractivity (Wildman–Crippen MR) is 126 cm³/mol. The number of amides is 2. The molecule has 1 fully saturated rings. The second-order valence-corrected chi connectivity index (χ2v) is 9.13. The second-order valence-electron chi connectivity index (χ2n) is 6.97. The van der Waals surface area contributed by atoms with Crippen LogP contribution in [0.3, 0.4) is 0 Å². The molecular formula is C21H24INO8S. The summed E-state index contributed by atoms with van der Waals surface area (Å²) in [4.78, 5) is 49.4. The lowest BCUT2D eigenvalue weighted by Gasteiger charge is -2.13. The molecule has 1 saturated heterocycles. The smallest absolute Gasteiger partial charge is 0.344 e. The number of nitrogens with zero attached hydrogens (tertiary/aromatic N) is 1. The summed E-state index contributed by atoms with van der Waals surface area (Å²) in [5.41, 5.74) is 0.586. The average Bonchev–Trinajstić information content (AvgIpc) is 2.98. The summed E-state index contributed by atoms with van der Waals surface area (Å²) in [6, 6.07) is 3.34. The van der Waals surface area contributed by atoms with Crippen LogP contribution in [0.1, 0.15) is 26.3 Å². The van der Waals surface area contributed by atoms with Gasteiger partial charge in [0, 0.05) is 0 Å². The lowest BCUT2D eigenvalue weighted by molar-refractivity contribution is -0.147. The fourth-order valence-electron chi connectivity index (χ4n) is 2.52. The molecule has 0 atom stereocenters. The van der Waals surface area contributed by atoms with E-state index in [0.717, 1.165) is 16.7 Å². The molecule has 1 aliphatic rings. The maximum Gasteiger partial charge on any atom is 0.344 e. The van der Waals surface area contributed by atoms with Crippen molar-refractivity contribution in [3.05, 3.63) is 26.2 Å². The number of methoxy groups -OCH3 is 1. The van der Waals surface area contributed by atoms with E-state index in [-0.39, 0.29) is 30.6 Å². The number of esters is 2. The molecular weight excluding hydrogens is 553 g/mol. The molecule has 11 heteroatoms. The Balaban J connectivity index is 2.16. The summed E-state index contributed by atoms with van der Waals surface area (Å²) in [7, 11) is 1.45. The van der Waals surface area contributed by atoms with Crippen molar-refractivity contribution in [2.75, 3.05) is 33.5 Å². The highest BCUT2D eigenvalue weighted by Crippen LogP contribution is 2.37. The van der Waals surface area contributed by atoms with Crippen molar-refractivity contribution in [1.82, 2.24) is 4.90 Å². The minimum atomic E-state index is -0.637. The first kappa shape index (κ1) is 26.0. The molecule has 1 aromatic rings. The Morgan fingerprint density at radius 3 is 2.53 bits per heavy atom. The van der Waals surface area contributed by atoms with Gasteiger partial charge in [-0.2, -0.15) is 0 Å². The quantitative estimate of drug-likeness (QED) is 0.235. The van der Waals surface area contributed by atoms with Crippen LogP contribution in [0.4, 0.5) is 4.79 Å². The predicted octanol–water partition coefficient (Wildman–Crippen LogP) is 3.48. The fraction of sp³-hybridized carbons (Fsp3) is 0.429. The number of carbonyl (C=O) groups excluding carboxylic acids is 4. The minimum Gasteiger partial charge on any atom is -0.493 e. The van der Waals surface area contributed by atoms with E-state index in [1.54, 1.807) is 19.1 Å². The van der Waals surface area contributed by atoms with Crippen LogP contribution in [0.25, 0.3) is 6.08 Å². The summed E-state index contributed by atoms with van der Waals surface area (Å²) in [6.07, 6.45) is 1.53. The number of hydrogen-bond acceptors (Lipinski definition) is 9. The molecule has 2 amide bonds. The fourth-order valence-corrected chi connectivity index (χ4v) is 4.14. The number of carbonyl (C=O) groups is 4. The number of thioether (sulfide) groups is 1. The summed E-state index contributed by atoms with van der Waals surface area (Å²) >= 11 is 2.76. The number of halogens is 1. The maximum atomic E-state index is 12.6. The highest BCUT2D eigenvalue weighted by atomic mass is 127. The van der Waals surface area contributed by atoms with Crippen molar-refractivity contribution in [3.8, 4) is 11.5 Å². The summed E-state index contributed by atoms with van der Waals surface area (Å²) in [5.74, 6) is -0.853. The molecule has 0 unspecified atom stereocenters. The van der Waals surface area contributed by atoms with Crippen molar-refractivity contribution in [3.63, 3.8) is 0 Å². The van der Waals surface area contributed by atoms with Gasteiger partial charge in [-0.05, 0) is 71.0 Å². The normalized spacial score (nSPS) is 14.8. The van der Waals surface area contributed by atoms with Gasteiger partial charge < -0.3 is 18.9 Å². The van der Waals surface area contributed by atoms with Crippen molar-refractivity contribution in [1.29, 1.82) is 0 Å². The van der Waals surface area contributed by atoms with Gasteiger partial charge in [0.05, 0.1) is 28.8 Å². The van der Waals surface area contributed by atoms with Crippen molar-refractivity contribution < 1.29 is 38.1 Å². The first-order valence-corrected chi connectivity index (χ1v) is 11.6. The van der Waals surface area contributed by atoms with E-state index >= 15 is 0 Å². The summed E-state index contributed by atoms with van der Waals surface area (Å²) in [6.45, 7) is 5.24. The van der Waals surface area contributed by atoms with Gasteiger partial charge in [-0.25, -0.2) is 4.79 Å². The molecule has 0 aromatic heterocycles. The third-order valence-corrected chi connectivity index (χ3v) is 5.64. The molecule has 32 heavy (non-hydrogen) atoms. The Kier molecular flexibility index (Phi) is 9.82. The number of rotatable bonds is 10. The Hall–Kier alpha value is -2.28. The largest absolute Gasteiger partial charge is 0.493 e. The Morgan fingerprint density at radius 2 is 1.91 bits per heavy atom. The van der Waals surface area contributed by atoms with Gasteiger partial charge in [0.2, 0.25) is 0 Å². The molecule has 1 aliphatic heterocycles.